The maximum atomic E-state index is 6.26. The predicted molar refractivity (Wildman–Crippen MR) is 71.8 cm³/mol. The maximum Gasteiger partial charge on any atom is 0.0388 e. The van der Waals surface area contributed by atoms with Crippen LogP contribution >= 0.6 is 0 Å². The molecule has 0 saturated carbocycles. The minimum absolute atomic E-state index is 0.469. The highest BCUT2D eigenvalue weighted by molar-refractivity contribution is 5.91. The summed E-state index contributed by atoms with van der Waals surface area (Å²) in [7, 11) is 0. The van der Waals surface area contributed by atoms with Crippen LogP contribution in [0.3, 0.4) is 0 Å². The first kappa shape index (κ1) is 11.0. The van der Waals surface area contributed by atoms with Gasteiger partial charge in [-0.3, -0.25) is 0 Å². The highest BCUT2D eigenvalue weighted by atomic mass is 14.6. The van der Waals surface area contributed by atoms with Crippen molar-refractivity contribution in [3.8, 4) is 0 Å². The van der Waals surface area contributed by atoms with Gasteiger partial charge in [0.1, 0.15) is 0 Å². The van der Waals surface area contributed by atoms with Crippen LogP contribution < -0.4 is 5.73 Å². The molecule has 0 aliphatic heterocycles. The van der Waals surface area contributed by atoms with Crippen molar-refractivity contribution in [2.75, 3.05) is 5.73 Å². The average molecular weight is 213 g/mol. The predicted octanol–water partition coefficient (Wildman–Crippen LogP) is 4.11. The molecule has 2 aromatic carbocycles. The minimum atomic E-state index is 0.469. The number of anilines is 1. The molecule has 0 heterocycles. The Bertz CT molecular complexity index is 512. The number of nitrogen functional groups attached to an aromatic ring is 1. The third kappa shape index (κ3) is 1.67. The first-order valence-electron chi connectivity index (χ1n) is 5.95. The third-order valence-corrected chi connectivity index (χ3v) is 3.18. The van der Waals surface area contributed by atoms with Crippen molar-refractivity contribution in [3.63, 3.8) is 0 Å². The summed E-state index contributed by atoms with van der Waals surface area (Å²) in [6.45, 7) is 6.57. The summed E-state index contributed by atoms with van der Waals surface area (Å²) in [5.41, 5.74) is 9.81. The van der Waals surface area contributed by atoms with E-state index >= 15 is 0 Å². The molecular weight excluding hydrogens is 194 g/mol. The Morgan fingerprint density at radius 2 is 1.88 bits per heavy atom. The van der Waals surface area contributed by atoms with Crippen molar-refractivity contribution in [3.05, 3.63) is 41.5 Å². The summed E-state index contributed by atoms with van der Waals surface area (Å²) in [6.07, 6.45) is 0.996. The van der Waals surface area contributed by atoms with Crippen LogP contribution in [-0.4, -0.2) is 0 Å². The van der Waals surface area contributed by atoms with Crippen LogP contribution in [0.2, 0.25) is 0 Å². The standard InChI is InChI=1S/C15H19N/c1-4-11-9-12-7-5-6-8-13(12)14(10(2)3)15(11)16/h5-10H,4,16H2,1-3H3. The molecule has 0 unspecified atom stereocenters. The van der Waals surface area contributed by atoms with E-state index < -0.39 is 0 Å². The van der Waals surface area contributed by atoms with Gasteiger partial charge in [-0.2, -0.15) is 0 Å². The Kier molecular flexibility index (Phi) is 2.86. The Balaban J connectivity index is 2.85. The van der Waals surface area contributed by atoms with Gasteiger partial charge in [0.15, 0.2) is 0 Å². The van der Waals surface area contributed by atoms with Crippen LogP contribution in [-0.2, 0) is 6.42 Å². The summed E-state index contributed by atoms with van der Waals surface area (Å²) < 4.78 is 0. The summed E-state index contributed by atoms with van der Waals surface area (Å²) >= 11 is 0. The molecule has 0 amide bonds. The Labute approximate surface area is 97.3 Å². The largest absolute Gasteiger partial charge is 0.398 e. The zero-order valence-corrected chi connectivity index (χ0v) is 10.2. The van der Waals surface area contributed by atoms with Gasteiger partial charge in [-0.15, -0.1) is 0 Å². The lowest BCUT2D eigenvalue weighted by molar-refractivity contribution is 0.876. The normalized spacial score (nSPS) is 11.2. The zero-order chi connectivity index (χ0) is 11.7. The molecule has 0 aliphatic carbocycles. The smallest absolute Gasteiger partial charge is 0.0388 e. The van der Waals surface area contributed by atoms with Crippen LogP contribution in [0.4, 0.5) is 5.69 Å². The van der Waals surface area contributed by atoms with Crippen molar-refractivity contribution in [2.24, 2.45) is 0 Å². The molecule has 2 rings (SSSR count). The van der Waals surface area contributed by atoms with Crippen molar-refractivity contribution < 1.29 is 0 Å². The van der Waals surface area contributed by atoms with E-state index in [9.17, 15) is 0 Å². The lowest BCUT2D eigenvalue weighted by Gasteiger charge is -2.16. The highest BCUT2D eigenvalue weighted by Gasteiger charge is 2.12. The van der Waals surface area contributed by atoms with Crippen molar-refractivity contribution in [2.45, 2.75) is 33.1 Å². The molecule has 0 saturated heterocycles. The molecule has 0 aliphatic rings. The number of nitrogens with two attached hydrogens (primary N) is 1. The first-order valence-corrected chi connectivity index (χ1v) is 5.95. The number of aryl methyl sites for hydroxylation is 1. The van der Waals surface area contributed by atoms with E-state index in [1.54, 1.807) is 0 Å². The second-order valence-electron chi connectivity index (χ2n) is 4.59. The van der Waals surface area contributed by atoms with E-state index in [1.165, 1.54) is 21.9 Å². The molecule has 0 bridgehead atoms. The van der Waals surface area contributed by atoms with Crippen molar-refractivity contribution in [1.82, 2.24) is 0 Å². The van der Waals surface area contributed by atoms with Gasteiger partial charge >= 0.3 is 0 Å². The van der Waals surface area contributed by atoms with Gasteiger partial charge in [-0.05, 0) is 40.3 Å². The Morgan fingerprint density at radius 1 is 1.19 bits per heavy atom. The van der Waals surface area contributed by atoms with Crippen LogP contribution in [0.25, 0.3) is 10.8 Å². The molecule has 16 heavy (non-hydrogen) atoms. The van der Waals surface area contributed by atoms with Gasteiger partial charge in [0.25, 0.3) is 0 Å². The summed E-state index contributed by atoms with van der Waals surface area (Å²) in [5, 5.41) is 2.60. The summed E-state index contributed by atoms with van der Waals surface area (Å²) in [4.78, 5) is 0. The number of benzene rings is 2. The van der Waals surface area contributed by atoms with Gasteiger partial charge in [0.2, 0.25) is 0 Å². The maximum absolute atomic E-state index is 6.26. The fraction of sp³-hybridized carbons (Fsp3) is 0.333. The van der Waals surface area contributed by atoms with Gasteiger partial charge in [-0.25, -0.2) is 0 Å². The lowest BCUT2D eigenvalue weighted by Crippen LogP contribution is -2.02. The van der Waals surface area contributed by atoms with Crippen LogP contribution in [0.5, 0.6) is 0 Å². The molecule has 1 nitrogen and oxygen atoms in total. The molecule has 2 N–H and O–H groups in total. The van der Waals surface area contributed by atoms with Crippen molar-refractivity contribution >= 4 is 16.5 Å². The third-order valence-electron chi connectivity index (χ3n) is 3.18. The molecular formula is C15H19N. The van der Waals surface area contributed by atoms with E-state index in [1.807, 2.05) is 0 Å². The lowest BCUT2D eigenvalue weighted by atomic mass is 9.91. The van der Waals surface area contributed by atoms with E-state index in [0.717, 1.165) is 12.1 Å². The quantitative estimate of drug-likeness (QED) is 0.746. The number of fused-ring (bicyclic) bond motifs is 1. The summed E-state index contributed by atoms with van der Waals surface area (Å²) in [5.74, 6) is 0.469. The van der Waals surface area contributed by atoms with Crippen LogP contribution in [0, 0.1) is 0 Å². The molecule has 0 fully saturated rings. The average Bonchev–Trinajstić information content (AvgIpc) is 2.27. The van der Waals surface area contributed by atoms with Gasteiger partial charge in [-0.1, -0.05) is 45.0 Å². The second kappa shape index (κ2) is 4.17. The van der Waals surface area contributed by atoms with Gasteiger partial charge < -0.3 is 5.73 Å². The minimum Gasteiger partial charge on any atom is -0.398 e. The fourth-order valence-corrected chi connectivity index (χ4v) is 2.37. The van der Waals surface area contributed by atoms with Gasteiger partial charge in [0, 0.05) is 5.69 Å². The van der Waals surface area contributed by atoms with Crippen LogP contribution in [0.15, 0.2) is 30.3 Å². The van der Waals surface area contributed by atoms with Crippen molar-refractivity contribution in [1.29, 1.82) is 0 Å². The van der Waals surface area contributed by atoms with Gasteiger partial charge in [0.05, 0.1) is 0 Å². The molecule has 84 valence electrons. The number of rotatable bonds is 2. The molecule has 0 radical (unpaired) electrons. The molecule has 2 aromatic rings. The Hall–Kier alpha value is -1.50. The molecule has 1 heteroatoms. The fourth-order valence-electron chi connectivity index (χ4n) is 2.37. The first-order chi connectivity index (χ1) is 7.65. The second-order valence-corrected chi connectivity index (χ2v) is 4.59. The topological polar surface area (TPSA) is 26.0 Å². The Morgan fingerprint density at radius 3 is 2.50 bits per heavy atom. The SMILES string of the molecule is CCc1cc2ccccc2c(C(C)C)c1N. The van der Waals surface area contributed by atoms with Crippen LogP contribution in [0.1, 0.15) is 37.8 Å². The van der Waals surface area contributed by atoms with E-state index in [2.05, 4.69) is 51.1 Å². The highest BCUT2D eigenvalue weighted by Crippen LogP contribution is 2.33. The number of hydrogen-bond acceptors (Lipinski definition) is 1. The van der Waals surface area contributed by atoms with E-state index in [0.29, 0.717) is 5.92 Å². The number of hydrogen-bond donors (Lipinski definition) is 1. The summed E-state index contributed by atoms with van der Waals surface area (Å²) in [6, 6.07) is 10.7. The zero-order valence-electron chi connectivity index (χ0n) is 10.2. The molecule has 0 spiro atoms. The monoisotopic (exact) mass is 213 g/mol. The van der Waals surface area contributed by atoms with E-state index in [4.69, 9.17) is 5.73 Å². The van der Waals surface area contributed by atoms with E-state index in [-0.39, 0.29) is 0 Å². The molecule has 0 atom stereocenters. The molecule has 0 aromatic heterocycles.